The zero-order valence-corrected chi connectivity index (χ0v) is 12.5. The molecule has 1 aromatic rings. The van der Waals surface area contributed by atoms with Crippen molar-refractivity contribution in [2.45, 2.75) is 39.5 Å². The van der Waals surface area contributed by atoms with Crippen LogP contribution < -0.4 is 10.9 Å². The predicted octanol–water partition coefficient (Wildman–Crippen LogP) is 0.784. The lowest BCUT2D eigenvalue weighted by Crippen LogP contribution is -2.45. The highest BCUT2D eigenvalue weighted by Crippen LogP contribution is 2.07. The summed E-state index contributed by atoms with van der Waals surface area (Å²) in [5, 5.41) is 7.40. The summed E-state index contributed by atoms with van der Waals surface area (Å²) < 4.78 is 7.19. The Morgan fingerprint density at radius 1 is 1.55 bits per heavy atom. The van der Waals surface area contributed by atoms with E-state index in [0.717, 1.165) is 31.9 Å². The summed E-state index contributed by atoms with van der Waals surface area (Å²) in [6, 6.07) is 1.87. The Hall–Kier alpha value is -1.40. The number of hydrogen-bond acceptors (Lipinski definition) is 5. The molecular formula is C14H24N4O2. The van der Waals surface area contributed by atoms with Crippen molar-refractivity contribution in [3.05, 3.63) is 22.6 Å². The smallest absolute Gasteiger partial charge is 0.268 e. The number of anilines is 1. The molecule has 1 saturated heterocycles. The van der Waals surface area contributed by atoms with E-state index >= 15 is 0 Å². The Balaban J connectivity index is 2.00. The second-order valence-corrected chi connectivity index (χ2v) is 5.45. The first-order valence-corrected chi connectivity index (χ1v) is 7.26. The van der Waals surface area contributed by atoms with Crippen molar-refractivity contribution in [3.63, 3.8) is 0 Å². The van der Waals surface area contributed by atoms with Crippen molar-refractivity contribution in [3.8, 4) is 0 Å². The predicted molar refractivity (Wildman–Crippen MR) is 79.1 cm³/mol. The van der Waals surface area contributed by atoms with Crippen LogP contribution in [0.2, 0.25) is 0 Å². The highest BCUT2D eigenvalue weighted by Gasteiger charge is 2.20. The molecule has 0 amide bonds. The molecule has 2 heterocycles. The molecule has 1 aliphatic rings. The van der Waals surface area contributed by atoms with Gasteiger partial charge >= 0.3 is 0 Å². The van der Waals surface area contributed by atoms with Crippen LogP contribution in [0.15, 0.2) is 17.1 Å². The Bertz CT molecular complexity index is 486. The maximum absolute atomic E-state index is 12.0. The molecule has 1 N–H and O–H groups in total. The van der Waals surface area contributed by atoms with E-state index in [-0.39, 0.29) is 17.7 Å². The minimum atomic E-state index is -0.0899. The standard InChI is InChI=1S/C14H24N4O2/c1-4-17-5-6-20-13(9-17)10-18-14(19)7-12(8-15-18)16-11(2)3/h7-8,11,13,16H,4-6,9-10H2,1-3H3. The number of aromatic nitrogens is 2. The lowest BCUT2D eigenvalue weighted by molar-refractivity contribution is -0.0364. The largest absolute Gasteiger partial charge is 0.381 e. The molecule has 0 aromatic carbocycles. The first-order valence-electron chi connectivity index (χ1n) is 7.26. The number of rotatable bonds is 5. The molecule has 6 nitrogen and oxygen atoms in total. The molecule has 0 saturated carbocycles. The van der Waals surface area contributed by atoms with E-state index in [4.69, 9.17) is 4.74 Å². The van der Waals surface area contributed by atoms with Gasteiger partial charge in [0.15, 0.2) is 0 Å². The fraction of sp³-hybridized carbons (Fsp3) is 0.714. The molecule has 0 radical (unpaired) electrons. The van der Waals surface area contributed by atoms with Crippen molar-refractivity contribution >= 4 is 5.69 Å². The summed E-state index contributed by atoms with van der Waals surface area (Å²) >= 11 is 0. The minimum absolute atomic E-state index is 0.0396. The first kappa shape index (κ1) is 15.0. The van der Waals surface area contributed by atoms with Crippen molar-refractivity contribution < 1.29 is 4.74 Å². The van der Waals surface area contributed by atoms with Crippen molar-refractivity contribution in [2.75, 3.05) is 31.6 Å². The van der Waals surface area contributed by atoms with Crippen LogP contribution in [-0.4, -0.2) is 53.1 Å². The van der Waals surface area contributed by atoms with Crippen LogP contribution in [0, 0.1) is 0 Å². The van der Waals surface area contributed by atoms with Gasteiger partial charge in [0.1, 0.15) is 0 Å². The normalized spacial score (nSPS) is 20.3. The summed E-state index contributed by atoms with van der Waals surface area (Å²) in [7, 11) is 0. The average Bonchev–Trinajstić information content (AvgIpc) is 2.41. The van der Waals surface area contributed by atoms with Crippen LogP contribution in [-0.2, 0) is 11.3 Å². The molecule has 1 atom stereocenters. The summed E-state index contributed by atoms with van der Waals surface area (Å²) in [6.07, 6.45) is 1.74. The van der Waals surface area contributed by atoms with E-state index in [9.17, 15) is 4.79 Å². The SMILES string of the molecule is CCN1CCOC(Cn2ncc(NC(C)C)cc2=O)C1. The molecule has 0 aliphatic carbocycles. The fourth-order valence-corrected chi connectivity index (χ4v) is 2.35. The van der Waals surface area contributed by atoms with Gasteiger partial charge in [-0.25, -0.2) is 4.68 Å². The van der Waals surface area contributed by atoms with Gasteiger partial charge in [-0.15, -0.1) is 0 Å². The molecule has 1 aliphatic heterocycles. The summed E-state index contributed by atoms with van der Waals surface area (Å²) in [5.41, 5.74) is 0.675. The Kier molecular flexibility index (Phi) is 5.14. The van der Waals surface area contributed by atoms with Gasteiger partial charge in [-0.3, -0.25) is 9.69 Å². The van der Waals surface area contributed by atoms with Gasteiger partial charge in [0, 0.05) is 25.2 Å². The zero-order chi connectivity index (χ0) is 14.5. The molecular weight excluding hydrogens is 256 g/mol. The molecule has 112 valence electrons. The van der Waals surface area contributed by atoms with Crippen LogP contribution in [0.5, 0.6) is 0 Å². The van der Waals surface area contributed by atoms with Gasteiger partial charge in [0.05, 0.1) is 31.1 Å². The highest BCUT2D eigenvalue weighted by atomic mass is 16.5. The third kappa shape index (κ3) is 4.05. The van der Waals surface area contributed by atoms with Crippen LogP contribution >= 0.6 is 0 Å². The molecule has 0 spiro atoms. The Morgan fingerprint density at radius 2 is 2.35 bits per heavy atom. The summed E-state index contributed by atoms with van der Waals surface area (Å²) in [5.74, 6) is 0. The molecule has 1 unspecified atom stereocenters. The molecule has 1 fully saturated rings. The Morgan fingerprint density at radius 3 is 3.00 bits per heavy atom. The number of nitrogens with one attached hydrogen (secondary N) is 1. The van der Waals surface area contributed by atoms with Gasteiger partial charge in [0.25, 0.3) is 5.56 Å². The summed E-state index contributed by atoms with van der Waals surface area (Å²) in [4.78, 5) is 14.4. The number of hydrogen-bond donors (Lipinski definition) is 1. The zero-order valence-electron chi connectivity index (χ0n) is 12.5. The van der Waals surface area contributed by atoms with Crippen LogP contribution in [0.1, 0.15) is 20.8 Å². The Labute approximate surface area is 119 Å². The van der Waals surface area contributed by atoms with Crippen molar-refractivity contribution in [1.82, 2.24) is 14.7 Å². The van der Waals surface area contributed by atoms with Crippen LogP contribution in [0.4, 0.5) is 5.69 Å². The number of likely N-dealkylation sites (N-methyl/N-ethyl adjacent to an activating group) is 1. The minimum Gasteiger partial charge on any atom is -0.381 e. The first-order chi connectivity index (χ1) is 9.58. The maximum atomic E-state index is 12.0. The molecule has 20 heavy (non-hydrogen) atoms. The molecule has 0 bridgehead atoms. The van der Waals surface area contributed by atoms with E-state index in [1.807, 2.05) is 13.8 Å². The quantitative estimate of drug-likeness (QED) is 0.864. The second kappa shape index (κ2) is 6.85. The van der Waals surface area contributed by atoms with Gasteiger partial charge in [-0.05, 0) is 20.4 Å². The monoisotopic (exact) mass is 280 g/mol. The van der Waals surface area contributed by atoms with E-state index in [1.54, 1.807) is 12.3 Å². The number of ether oxygens (including phenoxy) is 1. The van der Waals surface area contributed by atoms with Crippen LogP contribution in [0.25, 0.3) is 0 Å². The third-order valence-electron chi connectivity index (χ3n) is 3.37. The van der Waals surface area contributed by atoms with Gasteiger partial charge < -0.3 is 10.1 Å². The topological polar surface area (TPSA) is 59.4 Å². The second-order valence-electron chi connectivity index (χ2n) is 5.45. The maximum Gasteiger partial charge on any atom is 0.268 e. The van der Waals surface area contributed by atoms with E-state index in [1.165, 1.54) is 4.68 Å². The van der Waals surface area contributed by atoms with Crippen molar-refractivity contribution in [1.29, 1.82) is 0 Å². The molecule has 1 aromatic heterocycles. The van der Waals surface area contributed by atoms with Gasteiger partial charge in [-0.1, -0.05) is 6.92 Å². The van der Waals surface area contributed by atoms with Crippen LogP contribution in [0.3, 0.4) is 0 Å². The van der Waals surface area contributed by atoms with Gasteiger partial charge in [-0.2, -0.15) is 5.10 Å². The molecule has 6 heteroatoms. The van der Waals surface area contributed by atoms with E-state index in [0.29, 0.717) is 6.54 Å². The molecule has 2 rings (SSSR count). The third-order valence-corrected chi connectivity index (χ3v) is 3.37. The van der Waals surface area contributed by atoms with E-state index in [2.05, 4.69) is 22.2 Å². The highest BCUT2D eigenvalue weighted by molar-refractivity contribution is 5.39. The number of morpholine rings is 1. The van der Waals surface area contributed by atoms with E-state index < -0.39 is 0 Å². The lowest BCUT2D eigenvalue weighted by atomic mass is 10.2. The fourth-order valence-electron chi connectivity index (χ4n) is 2.35. The van der Waals surface area contributed by atoms with Crippen molar-refractivity contribution in [2.24, 2.45) is 0 Å². The van der Waals surface area contributed by atoms with Gasteiger partial charge in [0.2, 0.25) is 0 Å². The number of nitrogens with zero attached hydrogens (tertiary/aromatic N) is 3. The average molecular weight is 280 g/mol. The lowest BCUT2D eigenvalue weighted by Gasteiger charge is -2.32. The summed E-state index contributed by atoms with van der Waals surface area (Å²) in [6.45, 7) is 10.3.